The highest BCUT2D eigenvalue weighted by molar-refractivity contribution is 7.98. The summed E-state index contributed by atoms with van der Waals surface area (Å²) in [4.78, 5) is 11.8. The molecule has 4 nitrogen and oxygen atoms in total. The van der Waals surface area contributed by atoms with Gasteiger partial charge >= 0.3 is 0 Å². The van der Waals surface area contributed by atoms with E-state index in [1.807, 2.05) is 11.8 Å². The molecule has 1 aromatic heterocycles. The van der Waals surface area contributed by atoms with E-state index in [9.17, 15) is 0 Å². The van der Waals surface area contributed by atoms with Gasteiger partial charge in [-0.2, -0.15) is 11.8 Å². The van der Waals surface area contributed by atoms with Gasteiger partial charge in [0.25, 0.3) is 0 Å². The van der Waals surface area contributed by atoms with Crippen LogP contribution in [0, 0.1) is 6.92 Å². The van der Waals surface area contributed by atoms with Gasteiger partial charge in [0.2, 0.25) is 0 Å². The van der Waals surface area contributed by atoms with Crippen molar-refractivity contribution >= 4 is 23.4 Å². The van der Waals surface area contributed by atoms with E-state index >= 15 is 0 Å². The summed E-state index contributed by atoms with van der Waals surface area (Å²) < 4.78 is 0. The van der Waals surface area contributed by atoms with Gasteiger partial charge in [-0.3, -0.25) is 0 Å². The highest BCUT2D eigenvalue weighted by atomic mass is 32.2. The number of nitrogens with one attached hydrogen (secondary N) is 1. The number of aromatic nitrogens is 2. The van der Waals surface area contributed by atoms with Gasteiger partial charge in [-0.25, -0.2) is 9.97 Å². The van der Waals surface area contributed by atoms with E-state index in [1.54, 1.807) is 0 Å². The van der Waals surface area contributed by atoms with Crippen molar-refractivity contribution in [3.05, 3.63) is 11.4 Å². The fraction of sp³-hybridized carbons (Fsp3) is 0.750. The first-order valence-corrected chi connectivity index (χ1v) is 9.15. The van der Waals surface area contributed by atoms with Crippen LogP contribution in [-0.4, -0.2) is 41.6 Å². The van der Waals surface area contributed by atoms with Gasteiger partial charge in [0.1, 0.15) is 17.5 Å². The topological polar surface area (TPSA) is 41.1 Å². The molecule has 0 fully saturated rings. The van der Waals surface area contributed by atoms with Crippen LogP contribution in [0.5, 0.6) is 0 Å². The van der Waals surface area contributed by atoms with Gasteiger partial charge < -0.3 is 10.2 Å². The third-order valence-corrected chi connectivity index (χ3v) is 4.42. The third-order valence-electron chi connectivity index (χ3n) is 3.60. The Morgan fingerprint density at radius 1 is 1.24 bits per heavy atom. The van der Waals surface area contributed by atoms with Crippen molar-refractivity contribution in [2.45, 2.75) is 53.0 Å². The minimum atomic E-state index is 0.329. The lowest BCUT2D eigenvalue weighted by Gasteiger charge is -2.28. The van der Waals surface area contributed by atoms with E-state index in [1.165, 1.54) is 0 Å². The molecule has 1 heterocycles. The summed E-state index contributed by atoms with van der Waals surface area (Å²) in [7, 11) is 2.13. The maximum atomic E-state index is 4.81. The Bertz CT molecular complexity index is 448. The van der Waals surface area contributed by atoms with E-state index in [-0.39, 0.29) is 0 Å². The Morgan fingerprint density at radius 2 is 1.90 bits per heavy atom. The Labute approximate surface area is 134 Å². The molecule has 0 aliphatic heterocycles. The van der Waals surface area contributed by atoms with Crippen LogP contribution in [0.1, 0.15) is 51.4 Å². The first-order valence-electron chi connectivity index (χ1n) is 7.76. The lowest BCUT2D eigenvalue weighted by Crippen LogP contribution is -2.33. The van der Waals surface area contributed by atoms with Crippen molar-refractivity contribution < 1.29 is 0 Å². The Morgan fingerprint density at radius 3 is 2.43 bits per heavy atom. The van der Waals surface area contributed by atoms with Gasteiger partial charge in [0.05, 0.1) is 0 Å². The second kappa shape index (κ2) is 8.47. The van der Waals surface area contributed by atoms with Crippen LogP contribution in [0.25, 0.3) is 0 Å². The van der Waals surface area contributed by atoms with Crippen LogP contribution in [0.2, 0.25) is 0 Å². The SMILES string of the molecule is CCCNc1nc(C(C)C)nc(N(C)C(C)CSC)c1C. The molecule has 0 amide bonds. The van der Waals surface area contributed by atoms with Crippen LogP contribution in [0.15, 0.2) is 0 Å². The molecule has 1 N–H and O–H groups in total. The molecule has 1 atom stereocenters. The second-order valence-corrected chi connectivity index (χ2v) is 6.79. The van der Waals surface area contributed by atoms with E-state index in [0.717, 1.165) is 41.7 Å². The third kappa shape index (κ3) is 4.77. The van der Waals surface area contributed by atoms with Crippen molar-refractivity contribution in [2.75, 3.05) is 35.8 Å². The molecule has 21 heavy (non-hydrogen) atoms. The lowest BCUT2D eigenvalue weighted by atomic mass is 10.2. The maximum Gasteiger partial charge on any atom is 0.137 e. The van der Waals surface area contributed by atoms with Crippen molar-refractivity contribution in [1.29, 1.82) is 0 Å². The summed E-state index contributed by atoms with van der Waals surface area (Å²) in [5, 5.41) is 3.44. The molecule has 1 rings (SSSR count). The molecule has 5 heteroatoms. The molecule has 0 spiro atoms. The highest BCUT2D eigenvalue weighted by Gasteiger charge is 2.18. The molecule has 0 bridgehead atoms. The summed E-state index contributed by atoms with van der Waals surface area (Å²) in [6.07, 6.45) is 3.24. The van der Waals surface area contributed by atoms with E-state index < -0.39 is 0 Å². The average molecular weight is 311 g/mol. The zero-order valence-electron chi connectivity index (χ0n) is 14.5. The number of anilines is 2. The zero-order valence-corrected chi connectivity index (χ0v) is 15.3. The number of rotatable bonds is 8. The van der Waals surface area contributed by atoms with Crippen LogP contribution in [0.3, 0.4) is 0 Å². The average Bonchev–Trinajstić information content (AvgIpc) is 2.45. The van der Waals surface area contributed by atoms with Crippen LogP contribution >= 0.6 is 11.8 Å². The molecule has 0 aliphatic rings. The molecular weight excluding hydrogens is 280 g/mol. The van der Waals surface area contributed by atoms with Crippen LogP contribution in [-0.2, 0) is 0 Å². The first kappa shape index (κ1) is 18.1. The van der Waals surface area contributed by atoms with Gasteiger partial charge in [-0.05, 0) is 26.5 Å². The second-order valence-electron chi connectivity index (χ2n) is 5.88. The van der Waals surface area contributed by atoms with Gasteiger partial charge in [0.15, 0.2) is 0 Å². The molecule has 120 valence electrons. The maximum absolute atomic E-state index is 4.81. The van der Waals surface area contributed by atoms with Gasteiger partial charge in [-0.1, -0.05) is 20.8 Å². The Balaban J connectivity index is 3.19. The van der Waals surface area contributed by atoms with Crippen molar-refractivity contribution in [1.82, 2.24) is 9.97 Å². The van der Waals surface area contributed by atoms with Crippen molar-refractivity contribution in [3.63, 3.8) is 0 Å². The van der Waals surface area contributed by atoms with E-state index in [0.29, 0.717) is 12.0 Å². The summed E-state index contributed by atoms with van der Waals surface area (Å²) in [5.74, 6) is 4.37. The van der Waals surface area contributed by atoms with E-state index in [4.69, 9.17) is 9.97 Å². The molecule has 0 aliphatic carbocycles. The molecule has 1 aromatic rings. The largest absolute Gasteiger partial charge is 0.370 e. The minimum Gasteiger partial charge on any atom is -0.370 e. The number of hydrogen-bond donors (Lipinski definition) is 1. The predicted octanol–water partition coefficient (Wildman–Crippen LogP) is 3.92. The standard InChI is InChI=1S/C16H30N4S/c1-8-9-17-15-13(5)16(19-14(18-15)11(2)3)20(6)12(4)10-21-7/h11-12H,8-10H2,1-7H3,(H,17,18,19). The van der Waals surface area contributed by atoms with Gasteiger partial charge in [0, 0.05) is 36.9 Å². The molecule has 1 unspecified atom stereocenters. The summed E-state index contributed by atoms with van der Waals surface area (Å²) >= 11 is 1.87. The fourth-order valence-corrected chi connectivity index (χ4v) is 2.81. The van der Waals surface area contributed by atoms with E-state index in [2.05, 4.69) is 58.1 Å². The molecule has 0 radical (unpaired) electrons. The molecule has 0 saturated carbocycles. The molecule has 0 saturated heterocycles. The quantitative estimate of drug-likeness (QED) is 0.788. The Kier molecular flexibility index (Phi) is 7.29. The minimum absolute atomic E-state index is 0.329. The molecular formula is C16H30N4S. The number of nitrogens with zero attached hydrogens (tertiary/aromatic N) is 3. The monoisotopic (exact) mass is 310 g/mol. The highest BCUT2D eigenvalue weighted by Crippen LogP contribution is 2.27. The smallest absolute Gasteiger partial charge is 0.137 e. The van der Waals surface area contributed by atoms with Crippen molar-refractivity contribution in [3.8, 4) is 0 Å². The summed E-state index contributed by atoms with van der Waals surface area (Å²) in [5.41, 5.74) is 1.14. The predicted molar refractivity (Wildman–Crippen MR) is 95.9 cm³/mol. The lowest BCUT2D eigenvalue weighted by molar-refractivity contribution is 0.721. The summed E-state index contributed by atoms with van der Waals surface area (Å²) in [6.45, 7) is 11.7. The first-order chi connectivity index (χ1) is 9.92. The number of hydrogen-bond acceptors (Lipinski definition) is 5. The van der Waals surface area contributed by atoms with Crippen LogP contribution < -0.4 is 10.2 Å². The Hall–Kier alpha value is -0.970. The van der Waals surface area contributed by atoms with Gasteiger partial charge in [-0.15, -0.1) is 0 Å². The zero-order chi connectivity index (χ0) is 16.0. The van der Waals surface area contributed by atoms with Crippen LogP contribution in [0.4, 0.5) is 11.6 Å². The summed E-state index contributed by atoms with van der Waals surface area (Å²) in [6, 6.07) is 0.452. The fourth-order valence-electron chi connectivity index (χ4n) is 2.10. The van der Waals surface area contributed by atoms with Crippen molar-refractivity contribution in [2.24, 2.45) is 0 Å². The molecule has 0 aromatic carbocycles. The number of thioether (sulfide) groups is 1. The normalized spacial score (nSPS) is 12.6.